The van der Waals surface area contributed by atoms with Gasteiger partial charge in [-0.1, -0.05) is 24.0 Å². The average molecular weight is 226 g/mol. The smallest absolute Gasteiger partial charge is 0.134 e. The van der Waals surface area contributed by atoms with Crippen LogP contribution >= 0.6 is 24.0 Å². The lowest BCUT2D eigenvalue weighted by molar-refractivity contribution is 0.504. The summed E-state index contributed by atoms with van der Waals surface area (Å²) in [6.07, 6.45) is 2.15. The van der Waals surface area contributed by atoms with Crippen LogP contribution in [0.5, 0.6) is 0 Å². The fourth-order valence-electron chi connectivity index (χ4n) is 0.813. The fraction of sp³-hybridized carbons (Fsp3) is 0.333. The Labute approximate surface area is 92.5 Å². The van der Waals surface area contributed by atoms with Crippen LogP contribution in [0.15, 0.2) is 22.8 Å². The molecule has 74 valence electrons. The highest BCUT2D eigenvalue weighted by atomic mass is 32.2. The molecule has 0 saturated carbocycles. The largest absolute Gasteiger partial charge is 0.467 e. The van der Waals surface area contributed by atoms with Crippen LogP contribution < -0.4 is 5.32 Å². The molecule has 0 aliphatic heterocycles. The van der Waals surface area contributed by atoms with E-state index in [1.807, 2.05) is 12.1 Å². The van der Waals surface area contributed by atoms with E-state index in [0.717, 1.165) is 11.5 Å². The summed E-state index contributed by atoms with van der Waals surface area (Å²) in [4.78, 5) is 0. The number of nitrogens with one attached hydrogen (secondary N) is 1. The van der Waals surface area contributed by atoms with E-state index in [1.165, 1.54) is 11.8 Å². The van der Waals surface area contributed by atoms with Gasteiger partial charge in [0.15, 0.2) is 0 Å². The van der Waals surface area contributed by atoms with Gasteiger partial charge in [0, 0.05) is 12.2 Å². The molecule has 0 aliphatic carbocycles. The van der Waals surface area contributed by atoms with E-state index in [0.29, 0.717) is 17.3 Å². The zero-order chi connectivity index (χ0) is 10.2. The minimum absolute atomic E-state index is 0.521. The summed E-state index contributed by atoms with van der Waals surface area (Å²) < 4.78 is 5.83. The van der Waals surface area contributed by atoms with Crippen molar-refractivity contribution >= 4 is 28.3 Å². The summed E-state index contributed by atoms with van der Waals surface area (Å²) in [5.41, 5.74) is 0. The topological polar surface area (TPSA) is 49.0 Å². The summed E-state index contributed by atoms with van der Waals surface area (Å²) in [6.45, 7) is 0.603. The molecule has 0 aromatic carbocycles. The molecule has 0 atom stereocenters. The fourth-order valence-corrected chi connectivity index (χ4v) is 1.69. The van der Waals surface area contributed by atoms with Gasteiger partial charge in [-0.2, -0.15) is 5.26 Å². The molecule has 5 heteroatoms. The van der Waals surface area contributed by atoms with Gasteiger partial charge in [-0.25, -0.2) is 0 Å². The summed E-state index contributed by atoms with van der Waals surface area (Å²) >= 11 is 6.52. The van der Waals surface area contributed by atoms with Crippen LogP contribution in [0.2, 0.25) is 0 Å². The maximum Gasteiger partial charge on any atom is 0.134 e. The predicted molar refractivity (Wildman–Crippen MR) is 60.8 cm³/mol. The SMILES string of the molecule is N#CCCSC(=S)NCc1ccco1. The number of thiocarbonyl (C=S) groups is 1. The third-order valence-corrected chi connectivity index (χ3v) is 2.75. The molecular weight excluding hydrogens is 216 g/mol. The van der Waals surface area contributed by atoms with Crippen LogP contribution in [0, 0.1) is 11.3 Å². The number of nitrogens with zero attached hydrogens (tertiary/aromatic N) is 1. The van der Waals surface area contributed by atoms with E-state index in [-0.39, 0.29) is 0 Å². The predicted octanol–water partition coefficient (Wildman–Crippen LogP) is 2.30. The third-order valence-electron chi connectivity index (χ3n) is 1.43. The van der Waals surface area contributed by atoms with Crippen molar-refractivity contribution in [1.29, 1.82) is 5.26 Å². The minimum Gasteiger partial charge on any atom is -0.467 e. The summed E-state index contributed by atoms with van der Waals surface area (Å²) in [5, 5.41) is 11.4. The molecule has 0 bridgehead atoms. The van der Waals surface area contributed by atoms with Gasteiger partial charge in [0.25, 0.3) is 0 Å². The van der Waals surface area contributed by atoms with E-state index in [2.05, 4.69) is 11.4 Å². The lowest BCUT2D eigenvalue weighted by Gasteiger charge is -2.03. The second-order valence-corrected chi connectivity index (χ2v) is 4.25. The van der Waals surface area contributed by atoms with Crippen LogP contribution in [-0.4, -0.2) is 10.1 Å². The molecule has 1 rings (SSSR count). The highest BCUT2D eigenvalue weighted by Gasteiger charge is 1.98. The standard InChI is InChI=1S/C9H10N2OS2/c10-4-2-6-14-9(13)11-7-8-3-1-5-12-8/h1,3,5H,2,6-7H2,(H,11,13). The minimum atomic E-state index is 0.521. The van der Waals surface area contributed by atoms with E-state index < -0.39 is 0 Å². The van der Waals surface area contributed by atoms with Crippen molar-refractivity contribution in [2.24, 2.45) is 0 Å². The molecule has 0 fully saturated rings. The van der Waals surface area contributed by atoms with E-state index in [4.69, 9.17) is 21.9 Å². The number of thioether (sulfide) groups is 1. The molecule has 0 amide bonds. The number of furan rings is 1. The van der Waals surface area contributed by atoms with Crippen LogP contribution in [0.25, 0.3) is 0 Å². The Kier molecular flexibility index (Phi) is 5.12. The van der Waals surface area contributed by atoms with E-state index in [9.17, 15) is 0 Å². The first-order chi connectivity index (χ1) is 6.83. The zero-order valence-corrected chi connectivity index (χ0v) is 9.16. The van der Waals surface area contributed by atoms with Crippen molar-refractivity contribution < 1.29 is 4.42 Å². The Balaban J connectivity index is 2.13. The van der Waals surface area contributed by atoms with Gasteiger partial charge in [0.05, 0.1) is 18.9 Å². The van der Waals surface area contributed by atoms with Gasteiger partial charge in [0.1, 0.15) is 10.1 Å². The molecular formula is C9H10N2OS2. The molecule has 3 nitrogen and oxygen atoms in total. The third kappa shape index (κ3) is 4.30. The molecule has 1 aromatic heterocycles. The van der Waals surface area contributed by atoms with Gasteiger partial charge in [0.2, 0.25) is 0 Å². The molecule has 0 aliphatic rings. The Morgan fingerprint density at radius 1 is 1.71 bits per heavy atom. The Morgan fingerprint density at radius 3 is 3.21 bits per heavy atom. The normalized spacial score (nSPS) is 9.36. The molecule has 0 unspecified atom stereocenters. The summed E-state index contributed by atoms with van der Waals surface area (Å²) in [5.74, 6) is 1.59. The number of hydrogen-bond donors (Lipinski definition) is 1. The highest BCUT2D eigenvalue weighted by molar-refractivity contribution is 8.22. The molecule has 14 heavy (non-hydrogen) atoms. The van der Waals surface area contributed by atoms with Crippen molar-refractivity contribution in [1.82, 2.24) is 5.32 Å². The first kappa shape index (κ1) is 11.1. The van der Waals surface area contributed by atoms with Crippen molar-refractivity contribution in [3.05, 3.63) is 24.2 Å². The van der Waals surface area contributed by atoms with E-state index >= 15 is 0 Å². The quantitative estimate of drug-likeness (QED) is 0.630. The molecule has 1 N–H and O–H groups in total. The number of hydrogen-bond acceptors (Lipinski definition) is 4. The average Bonchev–Trinajstić information content (AvgIpc) is 2.68. The first-order valence-electron chi connectivity index (χ1n) is 4.13. The van der Waals surface area contributed by atoms with Crippen LogP contribution in [-0.2, 0) is 6.54 Å². The Bertz CT molecular complexity index is 316. The summed E-state index contributed by atoms with van der Waals surface area (Å²) in [7, 11) is 0. The molecule has 0 spiro atoms. The lowest BCUT2D eigenvalue weighted by atomic mass is 10.4. The molecule has 1 aromatic rings. The molecule has 0 saturated heterocycles. The second-order valence-electron chi connectivity index (χ2n) is 2.48. The van der Waals surface area contributed by atoms with Gasteiger partial charge in [-0.05, 0) is 12.1 Å². The monoisotopic (exact) mass is 226 g/mol. The van der Waals surface area contributed by atoms with Gasteiger partial charge >= 0.3 is 0 Å². The molecule has 0 radical (unpaired) electrons. The summed E-state index contributed by atoms with van der Waals surface area (Å²) in [6, 6.07) is 5.79. The van der Waals surface area contributed by atoms with Crippen LogP contribution in [0.4, 0.5) is 0 Å². The van der Waals surface area contributed by atoms with Crippen LogP contribution in [0.3, 0.4) is 0 Å². The van der Waals surface area contributed by atoms with Crippen LogP contribution in [0.1, 0.15) is 12.2 Å². The zero-order valence-electron chi connectivity index (χ0n) is 7.53. The first-order valence-corrected chi connectivity index (χ1v) is 5.52. The van der Waals surface area contributed by atoms with Crippen molar-refractivity contribution in [3.8, 4) is 6.07 Å². The maximum absolute atomic E-state index is 8.32. The van der Waals surface area contributed by atoms with Gasteiger partial charge < -0.3 is 9.73 Å². The van der Waals surface area contributed by atoms with Crippen molar-refractivity contribution in [2.45, 2.75) is 13.0 Å². The maximum atomic E-state index is 8.32. The second kappa shape index (κ2) is 6.46. The molecule has 1 heterocycles. The number of rotatable bonds is 4. The Morgan fingerprint density at radius 2 is 2.57 bits per heavy atom. The highest BCUT2D eigenvalue weighted by Crippen LogP contribution is 2.05. The van der Waals surface area contributed by atoms with Crippen molar-refractivity contribution in [3.63, 3.8) is 0 Å². The Hall–Kier alpha value is -0.990. The van der Waals surface area contributed by atoms with Gasteiger partial charge in [-0.3, -0.25) is 0 Å². The lowest BCUT2D eigenvalue weighted by Crippen LogP contribution is -2.17. The van der Waals surface area contributed by atoms with E-state index in [1.54, 1.807) is 6.26 Å². The number of nitriles is 1. The van der Waals surface area contributed by atoms with Crippen molar-refractivity contribution in [2.75, 3.05) is 5.75 Å². The van der Waals surface area contributed by atoms with Gasteiger partial charge in [-0.15, -0.1) is 0 Å².